The van der Waals surface area contributed by atoms with Gasteiger partial charge in [-0.05, 0) is 55.0 Å². The molecule has 0 atom stereocenters. The van der Waals surface area contributed by atoms with E-state index in [9.17, 15) is 9.59 Å². The summed E-state index contributed by atoms with van der Waals surface area (Å²) in [5, 5.41) is 11.0. The molecule has 0 unspecified atom stereocenters. The molecule has 7 heteroatoms. The normalized spacial score (nSPS) is 17.2. The summed E-state index contributed by atoms with van der Waals surface area (Å²) < 4.78 is 0. The van der Waals surface area contributed by atoms with Crippen LogP contribution in [0.15, 0.2) is 55.3 Å². The zero-order chi connectivity index (χ0) is 21.6. The molecule has 2 fully saturated rings. The Labute approximate surface area is 183 Å². The summed E-state index contributed by atoms with van der Waals surface area (Å²) in [4.78, 5) is 28.7. The maximum Gasteiger partial charge on any atom is 0.231 e. The van der Waals surface area contributed by atoms with E-state index in [2.05, 4.69) is 39.1 Å². The molecule has 1 N–H and O–H groups in total. The van der Waals surface area contributed by atoms with Crippen LogP contribution in [0, 0.1) is 5.92 Å². The number of hydrogen-bond acceptors (Lipinski definition) is 5. The maximum absolute atomic E-state index is 12.5. The summed E-state index contributed by atoms with van der Waals surface area (Å²) in [5.74, 6) is 1.50. The van der Waals surface area contributed by atoms with Gasteiger partial charge in [-0.3, -0.25) is 9.59 Å². The van der Waals surface area contributed by atoms with Crippen LogP contribution in [0.25, 0.3) is 0 Å². The van der Waals surface area contributed by atoms with E-state index in [1.54, 1.807) is 12.3 Å². The van der Waals surface area contributed by atoms with Crippen molar-refractivity contribution in [3.63, 3.8) is 0 Å². The van der Waals surface area contributed by atoms with Crippen LogP contribution in [0.5, 0.6) is 0 Å². The van der Waals surface area contributed by atoms with Gasteiger partial charge in [0.2, 0.25) is 11.8 Å². The van der Waals surface area contributed by atoms with Gasteiger partial charge >= 0.3 is 0 Å². The lowest BCUT2D eigenvalue weighted by Gasteiger charge is -2.38. The number of carbonyl (C=O) groups is 2. The van der Waals surface area contributed by atoms with Crippen LogP contribution < -0.4 is 10.2 Å². The Balaban J connectivity index is 1.23. The van der Waals surface area contributed by atoms with Gasteiger partial charge in [0, 0.05) is 44.5 Å². The van der Waals surface area contributed by atoms with Crippen molar-refractivity contribution in [2.24, 2.45) is 5.92 Å². The first kappa shape index (κ1) is 21.0. The SMILES string of the molecule is C=CCCC(=O)N1CCC(c2ccc(NC(=O)C3CN(c4cccnn4)C3)cc2)CC1. The van der Waals surface area contributed by atoms with E-state index < -0.39 is 0 Å². The second kappa shape index (κ2) is 9.73. The van der Waals surface area contributed by atoms with Crippen LogP contribution in [-0.4, -0.2) is 53.1 Å². The van der Waals surface area contributed by atoms with Gasteiger partial charge in [-0.15, -0.1) is 11.7 Å². The van der Waals surface area contributed by atoms with E-state index in [4.69, 9.17) is 0 Å². The largest absolute Gasteiger partial charge is 0.353 e. The summed E-state index contributed by atoms with van der Waals surface area (Å²) in [6, 6.07) is 11.9. The number of likely N-dealkylation sites (tertiary alicyclic amines) is 1. The van der Waals surface area contributed by atoms with E-state index in [1.165, 1.54) is 5.56 Å². The van der Waals surface area contributed by atoms with Gasteiger partial charge in [0.15, 0.2) is 5.82 Å². The first-order chi connectivity index (χ1) is 15.1. The van der Waals surface area contributed by atoms with Crippen LogP contribution in [0.2, 0.25) is 0 Å². The van der Waals surface area contributed by atoms with Gasteiger partial charge in [-0.1, -0.05) is 18.2 Å². The molecular formula is C24H29N5O2. The minimum Gasteiger partial charge on any atom is -0.353 e. The van der Waals surface area contributed by atoms with Gasteiger partial charge in [0.25, 0.3) is 0 Å². The summed E-state index contributed by atoms with van der Waals surface area (Å²) in [6.07, 6.45) is 6.69. The molecule has 0 bridgehead atoms. The number of carbonyl (C=O) groups excluding carboxylic acids is 2. The zero-order valence-corrected chi connectivity index (χ0v) is 17.7. The predicted molar refractivity (Wildman–Crippen MR) is 121 cm³/mol. The van der Waals surface area contributed by atoms with Crippen LogP contribution in [0.4, 0.5) is 11.5 Å². The van der Waals surface area contributed by atoms with E-state index in [0.29, 0.717) is 25.4 Å². The number of amides is 2. The van der Waals surface area contributed by atoms with Gasteiger partial charge < -0.3 is 15.1 Å². The Bertz CT molecular complexity index is 901. The summed E-state index contributed by atoms with van der Waals surface area (Å²) in [7, 11) is 0. The van der Waals surface area contributed by atoms with Gasteiger partial charge in [-0.25, -0.2) is 0 Å². The molecular weight excluding hydrogens is 390 g/mol. The van der Waals surface area contributed by atoms with Gasteiger partial charge in [0.05, 0.1) is 5.92 Å². The highest BCUT2D eigenvalue weighted by molar-refractivity contribution is 5.94. The number of rotatable bonds is 7. The third kappa shape index (κ3) is 5.10. The van der Waals surface area contributed by atoms with Crippen molar-refractivity contribution in [1.82, 2.24) is 15.1 Å². The lowest BCUT2D eigenvalue weighted by atomic mass is 9.89. The predicted octanol–water partition coefficient (Wildman–Crippen LogP) is 3.22. The Kier molecular flexibility index (Phi) is 6.60. The van der Waals surface area contributed by atoms with Gasteiger partial charge in [0.1, 0.15) is 0 Å². The fourth-order valence-corrected chi connectivity index (χ4v) is 4.22. The minimum absolute atomic E-state index is 0.0374. The number of allylic oxidation sites excluding steroid dienone is 1. The van der Waals surface area contributed by atoms with E-state index >= 15 is 0 Å². The number of piperidine rings is 1. The molecule has 1 aromatic carbocycles. The number of aromatic nitrogens is 2. The average molecular weight is 420 g/mol. The first-order valence-electron chi connectivity index (χ1n) is 11.0. The standard InChI is InChI=1S/C24H29N5O2/c1-2-3-6-23(30)28-14-11-19(12-15-28)18-7-9-21(10-8-18)26-24(31)20-16-29(17-20)22-5-4-13-25-27-22/h2,4-5,7-10,13,19-20H,1,3,6,11-12,14-17H2,(H,26,31). The zero-order valence-electron chi connectivity index (χ0n) is 17.7. The van der Waals surface area contributed by atoms with Crippen molar-refractivity contribution >= 4 is 23.3 Å². The molecule has 2 aliphatic heterocycles. The molecule has 0 aliphatic carbocycles. The summed E-state index contributed by atoms with van der Waals surface area (Å²) >= 11 is 0. The van der Waals surface area contributed by atoms with Crippen LogP contribution in [0.3, 0.4) is 0 Å². The first-order valence-corrected chi connectivity index (χ1v) is 11.0. The monoisotopic (exact) mass is 419 g/mol. The van der Waals surface area contributed by atoms with E-state index in [-0.39, 0.29) is 17.7 Å². The molecule has 2 aromatic rings. The van der Waals surface area contributed by atoms with Crippen molar-refractivity contribution in [3.8, 4) is 0 Å². The summed E-state index contributed by atoms with van der Waals surface area (Å²) in [5.41, 5.74) is 2.09. The molecule has 0 radical (unpaired) electrons. The molecule has 0 saturated carbocycles. The molecule has 2 amide bonds. The number of hydrogen-bond donors (Lipinski definition) is 1. The Morgan fingerprint density at radius 3 is 2.52 bits per heavy atom. The van der Waals surface area contributed by atoms with Crippen LogP contribution >= 0.6 is 0 Å². The smallest absolute Gasteiger partial charge is 0.231 e. The van der Waals surface area contributed by atoms with Crippen molar-refractivity contribution in [1.29, 1.82) is 0 Å². The molecule has 2 aliphatic rings. The third-order valence-corrected chi connectivity index (χ3v) is 6.19. The molecule has 162 valence electrons. The van der Waals surface area contributed by atoms with Crippen molar-refractivity contribution in [2.45, 2.75) is 31.6 Å². The number of benzene rings is 1. The number of anilines is 2. The Morgan fingerprint density at radius 1 is 1.13 bits per heavy atom. The highest BCUT2D eigenvalue weighted by Gasteiger charge is 2.33. The summed E-state index contributed by atoms with van der Waals surface area (Å²) in [6.45, 7) is 6.62. The second-order valence-electron chi connectivity index (χ2n) is 8.28. The van der Waals surface area contributed by atoms with E-state index in [1.807, 2.05) is 29.2 Å². The topological polar surface area (TPSA) is 78.4 Å². The van der Waals surface area contributed by atoms with Crippen molar-refractivity contribution < 1.29 is 9.59 Å². The van der Waals surface area contributed by atoms with Gasteiger partial charge in [-0.2, -0.15) is 5.10 Å². The number of nitrogens with zero attached hydrogens (tertiary/aromatic N) is 4. The quantitative estimate of drug-likeness (QED) is 0.697. The van der Waals surface area contributed by atoms with Crippen molar-refractivity contribution in [3.05, 3.63) is 60.8 Å². The number of nitrogens with one attached hydrogen (secondary N) is 1. The fourth-order valence-electron chi connectivity index (χ4n) is 4.22. The molecule has 7 nitrogen and oxygen atoms in total. The van der Waals surface area contributed by atoms with E-state index in [0.717, 1.165) is 43.9 Å². The molecule has 2 saturated heterocycles. The average Bonchev–Trinajstić information content (AvgIpc) is 2.78. The molecule has 3 heterocycles. The highest BCUT2D eigenvalue weighted by Crippen LogP contribution is 2.29. The Morgan fingerprint density at radius 2 is 1.87 bits per heavy atom. The molecule has 4 rings (SSSR count). The molecule has 0 spiro atoms. The van der Waals surface area contributed by atoms with Crippen LogP contribution in [-0.2, 0) is 9.59 Å². The minimum atomic E-state index is -0.0374. The maximum atomic E-state index is 12.5. The molecule has 1 aromatic heterocycles. The van der Waals surface area contributed by atoms with Crippen molar-refractivity contribution in [2.75, 3.05) is 36.4 Å². The highest BCUT2D eigenvalue weighted by atomic mass is 16.2. The molecule has 31 heavy (non-hydrogen) atoms. The second-order valence-corrected chi connectivity index (χ2v) is 8.28. The van der Waals surface area contributed by atoms with Crippen LogP contribution in [0.1, 0.15) is 37.2 Å². The third-order valence-electron chi connectivity index (χ3n) is 6.19. The lowest BCUT2D eigenvalue weighted by Crippen LogP contribution is -2.52. The lowest BCUT2D eigenvalue weighted by molar-refractivity contribution is -0.132. The Hall–Kier alpha value is -3.22. The fraction of sp³-hybridized carbons (Fsp3) is 0.417.